The Morgan fingerprint density at radius 3 is 2.77 bits per heavy atom. The van der Waals surface area contributed by atoms with E-state index in [1.165, 1.54) is 11.0 Å². The molecule has 0 atom stereocenters. The topological polar surface area (TPSA) is 67.9 Å². The summed E-state index contributed by atoms with van der Waals surface area (Å²) in [6.45, 7) is 5.02. The molecule has 6 heteroatoms. The second-order valence-corrected chi connectivity index (χ2v) is 4.98. The Kier molecular flexibility index (Phi) is 5.41. The van der Waals surface area contributed by atoms with E-state index in [2.05, 4.69) is 11.9 Å². The second-order valence-electron chi connectivity index (χ2n) is 4.98. The van der Waals surface area contributed by atoms with E-state index in [0.29, 0.717) is 26.2 Å². The number of likely N-dealkylation sites (N-methyl/N-ethyl adjacent to an activating group) is 1. The van der Waals surface area contributed by atoms with Gasteiger partial charge < -0.3 is 19.7 Å². The highest BCUT2D eigenvalue weighted by Crippen LogP contribution is 2.30. The lowest BCUT2D eigenvalue weighted by Gasteiger charge is -2.19. The first-order valence-corrected chi connectivity index (χ1v) is 7.13. The third-order valence-corrected chi connectivity index (χ3v) is 3.27. The summed E-state index contributed by atoms with van der Waals surface area (Å²) in [7, 11) is 1.56. The van der Waals surface area contributed by atoms with Gasteiger partial charge in [-0.3, -0.25) is 9.59 Å². The zero-order chi connectivity index (χ0) is 15.9. The number of carbonyl (C=O) groups is 2. The number of fused-ring (bicyclic) bond motifs is 1. The first kappa shape index (κ1) is 15.9. The van der Waals surface area contributed by atoms with Crippen LogP contribution in [0.4, 0.5) is 0 Å². The summed E-state index contributed by atoms with van der Waals surface area (Å²) in [5.74, 6) is 1.02. The van der Waals surface area contributed by atoms with Crippen LogP contribution < -0.4 is 14.8 Å². The lowest BCUT2D eigenvalue weighted by atomic mass is 10.1. The molecular formula is C16H20N2O4. The molecule has 0 radical (unpaired) electrons. The van der Waals surface area contributed by atoms with Crippen LogP contribution in [0.15, 0.2) is 30.9 Å². The van der Waals surface area contributed by atoms with E-state index in [4.69, 9.17) is 9.47 Å². The van der Waals surface area contributed by atoms with Gasteiger partial charge in [-0.05, 0) is 30.2 Å². The van der Waals surface area contributed by atoms with E-state index in [-0.39, 0.29) is 18.4 Å². The van der Waals surface area contributed by atoms with Crippen LogP contribution in [0.1, 0.15) is 5.56 Å². The Morgan fingerprint density at radius 1 is 1.32 bits per heavy atom. The minimum Gasteiger partial charge on any atom is -0.486 e. The molecule has 118 valence electrons. The molecule has 0 saturated heterocycles. The number of rotatable bonds is 6. The van der Waals surface area contributed by atoms with Gasteiger partial charge in [-0.1, -0.05) is 12.6 Å². The molecule has 2 amide bonds. The summed E-state index contributed by atoms with van der Waals surface area (Å²) in [6, 6.07) is 5.75. The summed E-state index contributed by atoms with van der Waals surface area (Å²) in [5, 5.41) is 2.78. The van der Waals surface area contributed by atoms with Crippen molar-refractivity contribution in [1.82, 2.24) is 10.2 Å². The lowest BCUT2D eigenvalue weighted by Crippen LogP contribution is -2.38. The minimum absolute atomic E-state index is 0.0198. The highest BCUT2D eigenvalue weighted by molar-refractivity contribution is 5.90. The van der Waals surface area contributed by atoms with E-state index < -0.39 is 0 Å². The molecule has 1 N–H and O–H groups in total. The predicted octanol–water partition coefficient (Wildman–Crippen LogP) is 0.761. The summed E-state index contributed by atoms with van der Waals surface area (Å²) < 4.78 is 11.0. The standard InChI is InChI=1S/C16H20N2O4/c1-3-16(20)18(2)11-15(19)17-7-6-12-4-5-13-14(10-12)22-9-8-21-13/h3-5,10H,1,6-9,11H2,2H3,(H,17,19). The lowest BCUT2D eigenvalue weighted by molar-refractivity contribution is -0.131. The summed E-state index contributed by atoms with van der Waals surface area (Å²) >= 11 is 0. The first-order valence-electron chi connectivity index (χ1n) is 7.13. The van der Waals surface area contributed by atoms with Crippen molar-refractivity contribution >= 4 is 11.8 Å². The van der Waals surface area contributed by atoms with Crippen LogP contribution in [-0.4, -0.2) is 50.1 Å². The van der Waals surface area contributed by atoms with Crippen molar-refractivity contribution in [3.8, 4) is 11.5 Å². The largest absolute Gasteiger partial charge is 0.486 e. The average Bonchev–Trinajstić information content (AvgIpc) is 2.53. The fourth-order valence-corrected chi connectivity index (χ4v) is 2.09. The van der Waals surface area contributed by atoms with Gasteiger partial charge in [0.2, 0.25) is 11.8 Å². The number of benzene rings is 1. The molecule has 0 unspecified atom stereocenters. The molecule has 2 rings (SSSR count). The molecule has 1 aromatic carbocycles. The van der Waals surface area contributed by atoms with Crippen molar-refractivity contribution in [3.63, 3.8) is 0 Å². The van der Waals surface area contributed by atoms with Crippen molar-refractivity contribution in [2.45, 2.75) is 6.42 Å². The van der Waals surface area contributed by atoms with Gasteiger partial charge in [0.25, 0.3) is 0 Å². The number of nitrogens with one attached hydrogen (secondary N) is 1. The SMILES string of the molecule is C=CC(=O)N(C)CC(=O)NCCc1ccc2c(c1)OCCO2. The van der Waals surface area contributed by atoms with Crippen LogP contribution in [0.3, 0.4) is 0 Å². The Bertz CT molecular complexity index is 571. The summed E-state index contributed by atoms with van der Waals surface area (Å²) in [6.07, 6.45) is 1.87. The second kappa shape index (κ2) is 7.49. The number of hydrogen-bond donors (Lipinski definition) is 1. The molecule has 0 aliphatic carbocycles. The van der Waals surface area contributed by atoms with Crippen molar-refractivity contribution in [1.29, 1.82) is 0 Å². The van der Waals surface area contributed by atoms with E-state index in [0.717, 1.165) is 17.1 Å². The van der Waals surface area contributed by atoms with Crippen molar-refractivity contribution in [2.24, 2.45) is 0 Å². The van der Waals surface area contributed by atoms with Crippen LogP contribution in [0.5, 0.6) is 11.5 Å². The Balaban J connectivity index is 1.77. The predicted molar refractivity (Wildman–Crippen MR) is 82.0 cm³/mol. The van der Waals surface area contributed by atoms with Crippen LogP contribution in [0.2, 0.25) is 0 Å². The fourth-order valence-electron chi connectivity index (χ4n) is 2.09. The van der Waals surface area contributed by atoms with Crippen LogP contribution in [0, 0.1) is 0 Å². The van der Waals surface area contributed by atoms with E-state index in [9.17, 15) is 9.59 Å². The average molecular weight is 304 g/mol. The van der Waals surface area contributed by atoms with E-state index in [1.807, 2.05) is 18.2 Å². The Morgan fingerprint density at radius 2 is 2.05 bits per heavy atom. The van der Waals surface area contributed by atoms with Gasteiger partial charge in [-0.2, -0.15) is 0 Å². The van der Waals surface area contributed by atoms with Gasteiger partial charge in [0.1, 0.15) is 13.2 Å². The highest BCUT2D eigenvalue weighted by atomic mass is 16.6. The quantitative estimate of drug-likeness (QED) is 0.788. The summed E-state index contributed by atoms with van der Waals surface area (Å²) in [4.78, 5) is 24.3. The Hall–Kier alpha value is -2.50. The molecule has 1 aliphatic heterocycles. The molecule has 0 fully saturated rings. The minimum atomic E-state index is -0.276. The molecule has 0 aromatic heterocycles. The molecule has 6 nitrogen and oxygen atoms in total. The third-order valence-electron chi connectivity index (χ3n) is 3.27. The molecule has 1 aromatic rings. The summed E-state index contributed by atoms with van der Waals surface area (Å²) in [5.41, 5.74) is 1.06. The zero-order valence-electron chi connectivity index (χ0n) is 12.6. The smallest absolute Gasteiger partial charge is 0.246 e. The molecule has 1 heterocycles. The number of carbonyl (C=O) groups excluding carboxylic acids is 2. The van der Waals surface area contributed by atoms with E-state index in [1.54, 1.807) is 7.05 Å². The fraction of sp³-hybridized carbons (Fsp3) is 0.375. The van der Waals surface area contributed by atoms with Gasteiger partial charge in [0.05, 0.1) is 6.54 Å². The Labute approximate surface area is 129 Å². The molecule has 0 spiro atoms. The van der Waals surface area contributed by atoms with Crippen molar-refractivity contribution in [3.05, 3.63) is 36.4 Å². The normalized spacial score (nSPS) is 12.4. The maximum absolute atomic E-state index is 11.7. The molecule has 0 bridgehead atoms. The molecular weight excluding hydrogens is 284 g/mol. The molecule has 0 saturated carbocycles. The monoisotopic (exact) mass is 304 g/mol. The van der Waals surface area contributed by atoms with Gasteiger partial charge in [-0.15, -0.1) is 0 Å². The number of nitrogens with zero attached hydrogens (tertiary/aromatic N) is 1. The third kappa shape index (κ3) is 4.25. The zero-order valence-corrected chi connectivity index (χ0v) is 12.6. The van der Waals surface area contributed by atoms with Gasteiger partial charge in [-0.25, -0.2) is 0 Å². The van der Waals surface area contributed by atoms with Crippen LogP contribution in [0.25, 0.3) is 0 Å². The maximum atomic E-state index is 11.7. The number of hydrogen-bond acceptors (Lipinski definition) is 4. The van der Waals surface area contributed by atoms with Gasteiger partial charge in [0.15, 0.2) is 11.5 Å². The molecule has 22 heavy (non-hydrogen) atoms. The van der Waals surface area contributed by atoms with Crippen LogP contribution >= 0.6 is 0 Å². The van der Waals surface area contributed by atoms with E-state index >= 15 is 0 Å². The molecule has 1 aliphatic rings. The van der Waals surface area contributed by atoms with Gasteiger partial charge in [0, 0.05) is 13.6 Å². The maximum Gasteiger partial charge on any atom is 0.246 e. The number of amides is 2. The highest BCUT2D eigenvalue weighted by Gasteiger charge is 2.12. The van der Waals surface area contributed by atoms with Crippen LogP contribution in [-0.2, 0) is 16.0 Å². The number of ether oxygens (including phenoxy) is 2. The van der Waals surface area contributed by atoms with Crippen molar-refractivity contribution in [2.75, 3.05) is 33.4 Å². The van der Waals surface area contributed by atoms with Gasteiger partial charge >= 0.3 is 0 Å². The van der Waals surface area contributed by atoms with Crippen molar-refractivity contribution < 1.29 is 19.1 Å². The first-order chi connectivity index (χ1) is 10.6.